The summed E-state index contributed by atoms with van der Waals surface area (Å²) in [5.41, 5.74) is 1.05. The van der Waals surface area contributed by atoms with E-state index in [1.54, 1.807) is 12.3 Å². The Bertz CT molecular complexity index is 534. The maximum Gasteiger partial charge on any atom is 0.132 e. The molecule has 2 aromatic heterocycles. The highest BCUT2D eigenvalue weighted by Gasteiger charge is 2.25. The quantitative estimate of drug-likeness (QED) is 0.857. The Balaban J connectivity index is 1.98. The van der Waals surface area contributed by atoms with E-state index in [1.807, 2.05) is 16.7 Å². The Morgan fingerprint density at radius 1 is 1.47 bits per heavy atom. The molecule has 3 heterocycles. The minimum Gasteiger partial charge on any atom is -0.506 e. The molecule has 0 saturated carbocycles. The van der Waals surface area contributed by atoms with Gasteiger partial charge < -0.3 is 10.0 Å². The highest BCUT2D eigenvalue weighted by atomic mass is 16.3. The highest BCUT2D eigenvalue weighted by molar-refractivity contribution is 5.48. The van der Waals surface area contributed by atoms with Crippen LogP contribution >= 0.6 is 0 Å². The monoisotopic (exact) mass is 231 g/mol. The summed E-state index contributed by atoms with van der Waals surface area (Å²) < 4.78 is 2.01. The molecule has 90 valence electrons. The molecule has 0 spiro atoms. The van der Waals surface area contributed by atoms with E-state index >= 15 is 0 Å². The van der Waals surface area contributed by atoms with Crippen molar-refractivity contribution >= 4 is 5.52 Å². The third-order valence-corrected chi connectivity index (χ3v) is 3.63. The first-order valence-electron chi connectivity index (χ1n) is 6.16. The molecule has 1 unspecified atom stereocenters. The first-order valence-corrected chi connectivity index (χ1v) is 6.16. The molecule has 0 aliphatic carbocycles. The molecule has 0 bridgehead atoms. The Hall–Kier alpha value is -1.55. The van der Waals surface area contributed by atoms with Crippen molar-refractivity contribution in [1.29, 1.82) is 0 Å². The summed E-state index contributed by atoms with van der Waals surface area (Å²) in [7, 11) is 0. The fourth-order valence-corrected chi connectivity index (χ4v) is 2.63. The molecular weight excluding hydrogens is 214 g/mol. The van der Waals surface area contributed by atoms with Gasteiger partial charge in [-0.15, -0.1) is 0 Å². The molecule has 1 N–H and O–H groups in total. The number of imidazole rings is 1. The normalized spacial score (nSPS) is 21.4. The van der Waals surface area contributed by atoms with Gasteiger partial charge in [0.1, 0.15) is 11.6 Å². The summed E-state index contributed by atoms with van der Waals surface area (Å²) in [6.07, 6.45) is 4.79. The minimum absolute atomic E-state index is 0.294. The van der Waals surface area contributed by atoms with Gasteiger partial charge in [0, 0.05) is 12.5 Å². The van der Waals surface area contributed by atoms with Crippen LogP contribution in [-0.2, 0) is 0 Å². The van der Waals surface area contributed by atoms with Crippen molar-refractivity contribution in [1.82, 2.24) is 14.3 Å². The molecule has 4 nitrogen and oxygen atoms in total. The fraction of sp³-hybridized carbons (Fsp3) is 0.462. The lowest BCUT2D eigenvalue weighted by Crippen LogP contribution is -2.19. The van der Waals surface area contributed by atoms with Gasteiger partial charge in [0.05, 0.1) is 17.9 Å². The molecule has 0 amide bonds. The van der Waals surface area contributed by atoms with Gasteiger partial charge in [-0.25, -0.2) is 4.98 Å². The number of nitrogens with zero attached hydrogens (tertiary/aromatic N) is 3. The summed E-state index contributed by atoms with van der Waals surface area (Å²) in [5.74, 6) is 1.85. The molecule has 1 saturated heterocycles. The number of aromatic nitrogens is 2. The largest absolute Gasteiger partial charge is 0.506 e. The zero-order chi connectivity index (χ0) is 11.8. The average Bonchev–Trinajstić information content (AvgIpc) is 2.93. The predicted octanol–water partition coefficient (Wildman–Crippen LogP) is 1.85. The van der Waals surface area contributed by atoms with Gasteiger partial charge in [-0.1, -0.05) is 6.92 Å². The molecule has 17 heavy (non-hydrogen) atoms. The van der Waals surface area contributed by atoms with Gasteiger partial charge in [0.15, 0.2) is 0 Å². The number of aromatic hydroxyl groups is 1. The number of likely N-dealkylation sites (tertiary alicyclic amines) is 1. The van der Waals surface area contributed by atoms with Crippen molar-refractivity contribution in [3.8, 4) is 5.75 Å². The second-order valence-corrected chi connectivity index (χ2v) is 4.68. The Kier molecular flexibility index (Phi) is 2.52. The lowest BCUT2D eigenvalue weighted by molar-refractivity contribution is 0.352. The van der Waals surface area contributed by atoms with Gasteiger partial charge >= 0.3 is 0 Å². The first-order chi connectivity index (χ1) is 8.28. The SMILES string of the molecule is CCN1CCC(c2ncc3ccc(O)cn23)C1. The van der Waals surface area contributed by atoms with Gasteiger partial charge in [0.2, 0.25) is 0 Å². The number of likely N-dealkylation sites (N-methyl/N-ethyl adjacent to an activating group) is 1. The number of hydrogen-bond donors (Lipinski definition) is 1. The third kappa shape index (κ3) is 1.78. The molecule has 2 aromatic rings. The van der Waals surface area contributed by atoms with Gasteiger partial charge in [0.25, 0.3) is 0 Å². The van der Waals surface area contributed by atoms with E-state index < -0.39 is 0 Å². The van der Waals surface area contributed by atoms with Crippen LogP contribution in [0.15, 0.2) is 24.5 Å². The standard InChI is InChI=1S/C13H17N3O/c1-2-15-6-5-10(8-15)13-14-7-11-3-4-12(17)9-16(11)13/h3-4,7,9-10,17H,2,5-6,8H2,1H3. The minimum atomic E-state index is 0.294. The van der Waals surface area contributed by atoms with Crippen molar-refractivity contribution in [2.24, 2.45) is 0 Å². The van der Waals surface area contributed by atoms with E-state index in [2.05, 4.69) is 16.8 Å². The number of pyridine rings is 1. The van der Waals surface area contributed by atoms with Gasteiger partial charge in [-0.3, -0.25) is 4.40 Å². The molecule has 1 atom stereocenters. The summed E-state index contributed by atoms with van der Waals surface area (Å²) in [5, 5.41) is 9.56. The molecule has 1 aliphatic rings. The fourth-order valence-electron chi connectivity index (χ4n) is 2.63. The van der Waals surface area contributed by atoms with Crippen molar-refractivity contribution in [3.05, 3.63) is 30.4 Å². The summed E-state index contributed by atoms with van der Waals surface area (Å²) >= 11 is 0. The molecule has 1 fully saturated rings. The number of hydrogen-bond acceptors (Lipinski definition) is 3. The van der Waals surface area contributed by atoms with Crippen LogP contribution < -0.4 is 0 Å². The van der Waals surface area contributed by atoms with Gasteiger partial charge in [-0.05, 0) is 31.6 Å². The van der Waals surface area contributed by atoms with Crippen LogP contribution in [0.5, 0.6) is 5.75 Å². The second-order valence-electron chi connectivity index (χ2n) is 4.68. The van der Waals surface area contributed by atoms with E-state index in [0.29, 0.717) is 11.7 Å². The van der Waals surface area contributed by atoms with Crippen LogP contribution in [0.4, 0.5) is 0 Å². The van der Waals surface area contributed by atoms with E-state index in [4.69, 9.17) is 0 Å². The molecule has 0 radical (unpaired) electrons. The Morgan fingerprint density at radius 3 is 3.12 bits per heavy atom. The molecule has 0 aromatic carbocycles. The predicted molar refractivity (Wildman–Crippen MR) is 66.3 cm³/mol. The number of fused-ring (bicyclic) bond motifs is 1. The van der Waals surface area contributed by atoms with Crippen molar-refractivity contribution in [2.45, 2.75) is 19.3 Å². The molecular formula is C13H17N3O. The van der Waals surface area contributed by atoms with Crippen LogP contribution in [0.1, 0.15) is 25.1 Å². The zero-order valence-corrected chi connectivity index (χ0v) is 10.0. The summed E-state index contributed by atoms with van der Waals surface area (Å²) in [4.78, 5) is 6.95. The Morgan fingerprint density at radius 2 is 2.35 bits per heavy atom. The van der Waals surface area contributed by atoms with Crippen LogP contribution in [0.25, 0.3) is 5.52 Å². The van der Waals surface area contributed by atoms with Crippen molar-refractivity contribution < 1.29 is 5.11 Å². The topological polar surface area (TPSA) is 40.8 Å². The highest BCUT2D eigenvalue weighted by Crippen LogP contribution is 2.27. The average molecular weight is 231 g/mol. The van der Waals surface area contributed by atoms with Crippen LogP contribution in [0.2, 0.25) is 0 Å². The third-order valence-electron chi connectivity index (χ3n) is 3.63. The smallest absolute Gasteiger partial charge is 0.132 e. The summed E-state index contributed by atoms with van der Waals surface area (Å²) in [6.45, 7) is 5.52. The molecule has 4 heteroatoms. The van der Waals surface area contributed by atoms with Gasteiger partial charge in [-0.2, -0.15) is 0 Å². The first kappa shape index (κ1) is 10.6. The maximum atomic E-state index is 9.56. The Labute approximate surface area is 101 Å². The van der Waals surface area contributed by atoms with Crippen LogP contribution in [0, 0.1) is 0 Å². The number of rotatable bonds is 2. The van der Waals surface area contributed by atoms with E-state index in [0.717, 1.165) is 37.4 Å². The lowest BCUT2D eigenvalue weighted by atomic mass is 10.1. The van der Waals surface area contributed by atoms with Crippen molar-refractivity contribution in [2.75, 3.05) is 19.6 Å². The maximum absolute atomic E-state index is 9.56. The molecule has 1 aliphatic heterocycles. The zero-order valence-electron chi connectivity index (χ0n) is 10.0. The van der Waals surface area contributed by atoms with Crippen LogP contribution in [-0.4, -0.2) is 39.0 Å². The molecule has 3 rings (SSSR count). The van der Waals surface area contributed by atoms with E-state index in [1.165, 1.54) is 0 Å². The van der Waals surface area contributed by atoms with Crippen molar-refractivity contribution in [3.63, 3.8) is 0 Å². The van der Waals surface area contributed by atoms with Crippen LogP contribution in [0.3, 0.4) is 0 Å². The van der Waals surface area contributed by atoms with E-state index in [9.17, 15) is 5.11 Å². The second kappa shape index (κ2) is 4.04. The summed E-state index contributed by atoms with van der Waals surface area (Å²) in [6, 6.07) is 3.60. The lowest BCUT2D eigenvalue weighted by Gasteiger charge is -2.12. The van der Waals surface area contributed by atoms with E-state index in [-0.39, 0.29) is 0 Å².